The van der Waals surface area contributed by atoms with Gasteiger partial charge in [0.1, 0.15) is 22.7 Å². The Labute approximate surface area is 205 Å². The summed E-state index contributed by atoms with van der Waals surface area (Å²) in [5.41, 5.74) is -1.58. The van der Waals surface area contributed by atoms with Crippen LogP contribution in [-0.4, -0.2) is 46.1 Å². The number of hydroxylamine groups is 1. The van der Waals surface area contributed by atoms with E-state index in [0.29, 0.717) is 11.5 Å². The van der Waals surface area contributed by atoms with Gasteiger partial charge in [0.15, 0.2) is 0 Å². The number of hydrogen-bond acceptors (Lipinski definition) is 7. The second-order valence-corrected chi connectivity index (χ2v) is 9.48. The number of carbonyl (C=O) groups excluding carboxylic acids is 1. The summed E-state index contributed by atoms with van der Waals surface area (Å²) in [6, 6.07) is 13.4. The molecular weight excluding hydrogens is 500 g/mol. The summed E-state index contributed by atoms with van der Waals surface area (Å²) in [5.74, 6) is 0.109. The number of amides is 1. The summed E-state index contributed by atoms with van der Waals surface area (Å²) >= 11 is 5.64. The number of aromatic nitrogens is 2. The van der Waals surface area contributed by atoms with Gasteiger partial charge in [-0.3, -0.25) is 24.3 Å². The Kier molecular flexibility index (Phi) is 8.46. The van der Waals surface area contributed by atoms with Gasteiger partial charge in [0.25, 0.3) is 15.6 Å². The Bertz CT molecular complexity index is 1360. The first-order valence-corrected chi connectivity index (χ1v) is 12.3. The van der Waals surface area contributed by atoms with Crippen molar-refractivity contribution in [3.05, 3.63) is 86.7 Å². The summed E-state index contributed by atoms with van der Waals surface area (Å²) in [4.78, 5) is 38.6. The molecule has 0 fully saturated rings. The van der Waals surface area contributed by atoms with E-state index in [4.69, 9.17) is 16.3 Å². The number of nitrogens with zero attached hydrogens (tertiary/aromatic N) is 2. The molecule has 0 aliphatic rings. The Balaban J connectivity index is 1.83. The van der Waals surface area contributed by atoms with Crippen molar-refractivity contribution in [2.45, 2.75) is 30.8 Å². The van der Waals surface area contributed by atoms with Crippen LogP contribution < -0.4 is 21.3 Å². The zero-order chi connectivity index (χ0) is 25.6. The molecule has 3 rings (SSSR count). The van der Waals surface area contributed by atoms with Crippen LogP contribution in [0, 0.1) is 0 Å². The van der Waals surface area contributed by atoms with E-state index in [1.807, 2.05) is 6.07 Å². The molecule has 1 heterocycles. The molecule has 0 saturated heterocycles. The number of benzene rings is 2. The molecule has 0 spiro atoms. The molecule has 2 aromatic carbocycles. The number of nitrogens with one attached hydrogen (secondary N) is 2. The van der Waals surface area contributed by atoms with Crippen molar-refractivity contribution >= 4 is 27.5 Å². The van der Waals surface area contributed by atoms with Crippen molar-refractivity contribution in [3.8, 4) is 11.5 Å². The summed E-state index contributed by atoms with van der Waals surface area (Å²) in [7, 11) is -4.54. The van der Waals surface area contributed by atoms with E-state index in [-0.39, 0.29) is 34.0 Å². The van der Waals surface area contributed by atoms with E-state index in [1.165, 1.54) is 24.3 Å². The highest BCUT2D eigenvalue weighted by molar-refractivity contribution is 7.89. The number of para-hydroxylation sites is 1. The molecule has 1 unspecified atom stereocenters. The fraction of sp³-hybridized carbons (Fsp3) is 0.227. The van der Waals surface area contributed by atoms with E-state index in [9.17, 15) is 28.0 Å². The van der Waals surface area contributed by atoms with Gasteiger partial charge in [-0.2, -0.15) is 0 Å². The van der Waals surface area contributed by atoms with E-state index >= 15 is 0 Å². The smallest absolute Gasteiger partial charge is 0.329 e. The lowest BCUT2D eigenvalue weighted by Crippen LogP contribution is -2.49. The molecule has 1 aromatic heterocycles. The third-order valence-electron chi connectivity index (χ3n) is 4.88. The normalized spacial score (nSPS) is 12.3. The minimum absolute atomic E-state index is 0.0692. The van der Waals surface area contributed by atoms with Crippen LogP contribution in [0.25, 0.3) is 0 Å². The molecule has 186 valence electrons. The zero-order valence-electron chi connectivity index (χ0n) is 18.5. The molecule has 0 radical (unpaired) electrons. The van der Waals surface area contributed by atoms with Gasteiger partial charge in [-0.25, -0.2) is 13.2 Å². The number of hydrogen-bond donors (Lipinski definition) is 3. The Morgan fingerprint density at radius 1 is 1.14 bits per heavy atom. The first-order chi connectivity index (χ1) is 16.6. The maximum absolute atomic E-state index is 13.0. The van der Waals surface area contributed by atoms with Crippen molar-refractivity contribution < 1.29 is 23.2 Å². The molecule has 3 aromatic rings. The van der Waals surface area contributed by atoms with Gasteiger partial charge in [0.2, 0.25) is 5.91 Å². The molecule has 13 heteroatoms. The van der Waals surface area contributed by atoms with Gasteiger partial charge in [-0.15, -0.1) is 0 Å². The monoisotopic (exact) mass is 522 g/mol. The lowest BCUT2D eigenvalue weighted by Gasteiger charge is -2.24. The van der Waals surface area contributed by atoms with Crippen LogP contribution in [0.15, 0.2) is 75.1 Å². The molecule has 1 amide bonds. The lowest BCUT2D eigenvalue weighted by atomic mass is 10.2. The van der Waals surface area contributed by atoms with Gasteiger partial charge in [0, 0.05) is 19.2 Å². The van der Waals surface area contributed by atoms with Crippen LogP contribution in [0.5, 0.6) is 11.5 Å². The first kappa shape index (κ1) is 26.2. The van der Waals surface area contributed by atoms with Crippen molar-refractivity contribution in [1.82, 2.24) is 19.3 Å². The van der Waals surface area contributed by atoms with Crippen LogP contribution in [0.2, 0.25) is 5.15 Å². The Hall–Kier alpha value is -3.45. The van der Waals surface area contributed by atoms with Crippen molar-refractivity contribution in [2.75, 3.05) is 6.54 Å². The highest BCUT2D eigenvalue weighted by Crippen LogP contribution is 2.25. The fourth-order valence-corrected chi connectivity index (χ4v) is 4.58. The average molecular weight is 523 g/mol. The standard InChI is InChI=1S/C22H23ClN4O7S/c1-2-24-21(29)18(12-13-26-20(28)14-19(23)25-22(26)30)27(31)35(32,33)17-10-8-16(9-11-17)34-15-6-4-3-5-7-15/h3-11,14,18,31H,2,12-13H2,1H3,(H,24,29)(H,25,30). The minimum Gasteiger partial charge on any atom is -0.457 e. The van der Waals surface area contributed by atoms with Crippen LogP contribution in [-0.2, 0) is 21.4 Å². The average Bonchev–Trinajstić information content (AvgIpc) is 2.81. The Morgan fingerprint density at radius 3 is 2.37 bits per heavy atom. The SMILES string of the molecule is CCNC(=O)C(CCn1c(=O)cc(Cl)[nH]c1=O)N(O)S(=O)(=O)c1ccc(Oc2ccccc2)cc1. The number of likely N-dealkylation sites (N-methyl/N-ethyl adjacent to an activating group) is 1. The molecule has 0 bridgehead atoms. The minimum atomic E-state index is -4.54. The van der Waals surface area contributed by atoms with Crippen LogP contribution in [0.3, 0.4) is 0 Å². The van der Waals surface area contributed by atoms with Crippen molar-refractivity contribution in [3.63, 3.8) is 0 Å². The number of sulfonamides is 1. The topological polar surface area (TPSA) is 151 Å². The number of rotatable bonds is 10. The molecule has 35 heavy (non-hydrogen) atoms. The number of carbonyl (C=O) groups is 1. The van der Waals surface area contributed by atoms with Crippen molar-refractivity contribution in [2.24, 2.45) is 0 Å². The van der Waals surface area contributed by atoms with Gasteiger partial charge in [-0.05, 0) is 49.7 Å². The molecule has 0 aliphatic carbocycles. The molecule has 0 aliphatic heterocycles. The quantitative estimate of drug-likeness (QED) is 0.272. The molecular formula is C22H23ClN4O7S. The second kappa shape index (κ2) is 11.3. The van der Waals surface area contributed by atoms with Crippen LogP contribution in [0.4, 0.5) is 0 Å². The summed E-state index contributed by atoms with van der Waals surface area (Å²) in [5, 5.41) is 12.9. The zero-order valence-corrected chi connectivity index (χ0v) is 20.1. The maximum Gasteiger partial charge on any atom is 0.329 e. The van der Waals surface area contributed by atoms with E-state index in [1.54, 1.807) is 31.2 Å². The number of aromatic amines is 1. The molecule has 0 saturated carbocycles. The summed E-state index contributed by atoms with van der Waals surface area (Å²) in [6.45, 7) is 1.42. The largest absolute Gasteiger partial charge is 0.457 e. The predicted octanol–water partition coefficient (Wildman–Crippen LogP) is 1.96. The fourth-order valence-electron chi connectivity index (χ4n) is 3.17. The molecule has 1 atom stereocenters. The predicted molar refractivity (Wildman–Crippen MR) is 127 cm³/mol. The first-order valence-electron chi connectivity index (χ1n) is 10.5. The summed E-state index contributed by atoms with van der Waals surface area (Å²) in [6.07, 6.45) is -0.374. The van der Waals surface area contributed by atoms with E-state index in [0.717, 1.165) is 10.6 Å². The number of halogens is 1. The van der Waals surface area contributed by atoms with Gasteiger partial charge >= 0.3 is 5.69 Å². The maximum atomic E-state index is 13.0. The van der Waals surface area contributed by atoms with Crippen molar-refractivity contribution in [1.29, 1.82) is 0 Å². The van der Waals surface area contributed by atoms with Gasteiger partial charge < -0.3 is 10.1 Å². The highest BCUT2D eigenvalue weighted by atomic mass is 35.5. The second-order valence-electron chi connectivity index (χ2n) is 7.28. The van der Waals surface area contributed by atoms with Gasteiger partial charge in [0.05, 0.1) is 4.90 Å². The third-order valence-corrected chi connectivity index (χ3v) is 6.70. The van der Waals surface area contributed by atoms with Crippen LogP contribution in [0.1, 0.15) is 13.3 Å². The summed E-state index contributed by atoms with van der Waals surface area (Å²) < 4.78 is 32.4. The van der Waals surface area contributed by atoms with E-state index < -0.39 is 33.2 Å². The Morgan fingerprint density at radius 2 is 1.77 bits per heavy atom. The molecule has 11 nitrogen and oxygen atoms in total. The number of ether oxygens (including phenoxy) is 1. The number of H-pyrrole nitrogens is 1. The van der Waals surface area contributed by atoms with Crippen LogP contribution >= 0.6 is 11.6 Å². The molecule has 3 N–H and O–H groups in total. The third kappa shape index (κ3) is 6.36. The lowest BCUT2D eigenvalue weighted by molar-refractivity contribution is -0.135. The highest BCUT2D eigenvalue weighted by Gasteiger charge is 2.35. The van der Waals surface area contributed by atoms with E-state index in [2.05, 4.69) is 10.3 Å². The van der Waals surface area contributed by atoms with Gasteiger partial charge in [-0.1, -0.05) is 34.3 Å².